The number of aliphatic carboxylic acids is 1. The van der Waals surface area contributed by atoms with E-state index in [9.17, 15) is 18.0 Å². The van der Waals surface area contributed by atoms with E-state index >= 15 is 0 Å². The van der Waals surface area contributed by atoms with E-state index in [1.165, 1.54) is 6.33 Å². The fourth-order valence-electron chi connectivity index (χ4n) is 2.85. The smallest absolute Gasteiger partial charge is 0.477 e. The molecule has 0 saturated heterocycles. The summed E-state index contributed by atoms with van der Waals surface area (Å²) in [5, 5.41) is 17.0. The summed E-state index contributed by atoms with van der Waals surface area (Å²) in [4.78, 5) is 37.8. The number of carbonyl (C=O) groups is 2. The van der Waals surface area contributed by atoms with Crippen LogP contribution in [0.2, 0.25) is 0 Å². The molecule has 0 fully saturated rings. The lowest BCUT2D eigenvalue weighted by molar-refractivity contribution is -0.192. The monoisotopic (exact) mass is 412 g/mol. The van der Waals surface area contributed by atoms with Gasteiger partial charge < -0.3 is 24.7 Å². The van der Waals surface area contributed by atoms with Gasteiger partial charge in [0.05, 0.1) is 5.39 Å². The molecule has 154 valence electrons. The number of alkyl halides is 3. The van der Waals surface area contributed by atoms with Crippen LogP contribution in [-0.2, 0) is 17.8 Å². The van der Waals surface area contributed by atoms with E-state index in [1.807, 2.05) is 12.4 Å². The van der Waals surface area contributed by atoms with Crippen molar-refractivity contribution in [3.8, 4) is 0 Å². The van der Waals surface area contributed by atoms with Gasteiger partial charge in [-0.1, -0.05) is 0 Å². The number of aromatic nitrogens is 5. The third-order valence-electron chi connectivity index (χ3n) is 4.19. The van der Waals surface area contributed by atoms with Crippen LogP contribution in [0.25, 0.3) is 11.0 Å². The van der Waals surface area contributed by atoms with Gasteiger partial charge in [-0.25, -0.2) is 24.5 Å². The molecule has 3 N–H and O–H groups in total. The standard InChI is InChI=1S/C14H14N6O2.C2HF3O2/c21-14(22)10-7-9-12(18-10)16-8-17-13(9)20-3-1-11-15-2-4-19(11)5-6-20;3-2(4,5)1(6)7/h2,4,7-8H,1,3,5-6H2,(H,21,22)(H,16,17,18);(H,6,7). The summed E-state index contributed by atoms with van der Waals surface area (Å²) in [6, 6.07) is 1.59. The summed E-state index contributed by atoms with van der Waals surface area (Å²) < 4.78 is 33.9. The number of aromatic amines is 1. The molecule has 0 spiro atoms. The minimum Gasteiger partial charge on any atom is -0.477 e. The van der Waals surface area contributed by atoms with Crippen LogP contribution in [-0.4, -0.2) is 65.9 Å². The van der Waals surface area contributed by atoms with E-state index in [-0.39, 0.29) is 5.69 Å². The minimum absolute atomic E-state index is 0.125. The number of carboxylic acids is 2. The quantitative estimate of drug-likeness (QED) is 0.577. The summed E-state index contributed by atoms with van der Waals surface area (Å²) in [5.41, 5.74) is 0.670. The predicted molar refractivity (Wildman–Crippen MR) is 92.7 cm³/mol. The van der Waals surface area contributed by atoms with Crippen molar-refractivity contribution in [3.05, 3.63) is 36.3 Å². The first-order valence-electron chi connectivity index (χ1n) is 8.29. The van der Waals surface area contributed by atoms with E-state index < -0.39 is 18.1 Å². The van der Waals surface area contributed by atoms with Crippen LogP contribution in [0, 0.1) is 0 Å². The maximum absolute atomic E-state index is 11.1. The normalized spacial score (nSPS) is 14.0. The van der Waals surface area contributed by atoms with Crippen molar-refractivity contribution >= 4 is 28.8 Å². The van der Waals surface area contributed by atoms with E-state index in [4.69, 9.17) is 15.0 Å². The number of hydrogen-bond donors (Lipinski definition) is 3. The minimum atomic E-state index is -5.08. The van der Waals surface area contributed by atoms with E-state index in [1.54, 1.807) is 6.07 Å². The van der Waals surface area contributed by atoms with Crippen LogP contribution < -0.4 is 4.90 Å². The van der Waals surface area contributed by atoms with Gasteiger partial charge in [-0.05, 0) is 6.07 Å². The summed E-state index contributed by atoms with van der Waals surface area (Å²) >= 11 is 0. The van der Waals surface area contributed by atoms with Gasteiger partial charge in [0, 0.05) is 38.4 Å². The van der Waals surface area contributed by atoms with Crippen molar-refractivity contribution in [1.29, 1.82) is 0 Å². The van der Waals surface area contributed by atoms with Gasteiger partial charge in [0.1, 0.15) is 29.3 Å². The average Bonchev–Trinajstić information content (AvgIpc) is 3.24. The number of hydrogen-bond acceptors (Lipinski definition) is 6. The third-order valence-corrected chi connectivity index (χ3v) is 4.19. The second-order valence-corrected chi connectivity index (χ2v) is 6.02. The lowest BCUT2D eigenvalue weighted by Crippen LogP contribution is -2.27. The Morgan fingerprint density at radius 1 is 1.10 bits per heavy atom. The van der Waals surface area contributed by atoms with E-state index in [2.05, 4.69) is 29.4 Å². The van der Waals surface area contributed by atoms with Crippen molar-refractivity contribution < 1.29 is 33.0 Å². The van der Waals surface area contributed by atoms with Crippen molar-refractivity contribution in [2.24, 2.45) is 0 Å². The molecule has 13 heteroatoms. The van der Waals surface area contributed by atoms with Crippen molar-refractivity contribution in [2.45, 2.75) is 19.1 Å². The Morgan fingerprint density at radius 3 is 2.48 bits per heavy atom. The Balaban J connectivity index is 0.000000298. The predicted octanol–water partition coefficient (Wildman–Crippen LogP) is 1.55. The molecule has 10 nitrogen and oxygen atoms in total. The topological polar surface area (TPSA) is 137 Å². The van der Waals surface area contributed by atoms with Gasteiger partial charge in [0.2, 0.25) is 0 Å². The Kier molecular flexibility index (Phi) is 5.39. The number of carboxylic acid groups (broad SMARTS) is 2. The number of nitrogens with zero attached hydrogens (tertiary/aromatic N) is 5. The fourth-order valence-corrected chi connectivity index (χ4v) is 2.85. The second kappa shape index (κ2) is 7.77. The molecule has 1 aliphatic rings. The van der Waals surface area contributed by atoms with Crippen LogP contribution >= 0.6 is 0 Å². The zero-order valence-electron chi connectivity index (χ0n) is 14.7. The first-order valence-corrected chi connectivity index (χ1v) is 8.29. The summed E-state index contributed by atoms with van der Waals surface area (Å²) in [6.45, 7) is 2.41. The molecule has 0 amide bonds. The van der Waals surface area contributed by atoms with Gasteiger partial charge in [-0.3, -0.25) is 0 Å². The first-order chi connectivity index (χ1) is 13.7. The average molecular weight is 412 g/mol. The molecule has 1 aliphatic heterocycles. The van der Waals surface area contributed by atoms with E-state index in [0.717, 1.165) is 43.1 Å². The molecule has 3 aromatic rings. The number of H-pyrrole nitrogens is 1. The van der Waals surface area contributed by atoms with Gasteiger partial charge >= 0.3 is 18.1 Å². The molecule has 4 heterocycles. The molecule has 29 heavy (non-hydrogen) atoms. The fraction of sp³-hybridized carbons (Fsp3) is 0.312. The largest absolute Gasteiger partial charge is 0.490 e. The molecule has 0 atom stereocenters. The van der Waals surface area contributed by atoms with Crippen LogP contribution in [0.4, 0.5) is 19.0 Å². The number of fused-ring (bicyclic) bond motifs is 2. The highest BCUT2D eigenvalue weighted by Crippen LogP contribution is 2.25. The molecule has 0 saturated carbocycles. The number of nitrogens with one attached hydrogen (secondary N) is 1. The maximum atomic E-state index is 11.1. The Bertz CT molecular complexity index is 1020. The Labute approximate surface area is 160 Å². The molecule has 0 unspecified atom stereocenters. The van der Waals surface area contributed by atoms with Crippen molar-refractivity contribution in [1.82, 2.24) is 24.5 Å². The zero-order valence-corrected chi connectivity index (χ0v) is 14.7. The highest BCUT2D eigenvalue weighted by Gasteiger charge is 2.38. The van der Waals surface area contributed by atoms with Crippen LogP contribution in [0.1, 0.15) is 16.3 Å². The van der Waals surface area contributed by atoms with Gasteiger partial charge in [-0.2, -0.15) is 13.2 Å². The number of aromatic carboxylic acids is 1. The van der Waals surface area contributed by atoms with Crippen LogP contribution in [0.3, 0.4) is 0 Å². The second-order valence-electron chi connectivity index (χ2n) is 6.02. The summed E-state index contributed by atoms with van der Waals surface area (Å²) in [6.07, 6.45) is 1.00. The number of rotatable bonds is 2. The first kappa shape index (κ1) is 20.1. The summed E-state index contributed by atoms with van der Waals surface area (Å²) in [7, 11) is 0. The highest BCUT2D eigenvalue weighted by molar-refractivity contribution is 5.96. The lowest BCUT2D eigenvalue weighted by Gasteiger charge is -2.21. The van der Waals surface area contributed by atoms with Gasteiger partial charge in [0.15, 0.2) is 0 Å². The number of imidazole rings is 1. The SMILES string of the molecule is O=C(O)C(F)(F)F.O=C(O)c1cc2c(N3CCc4nccn4CC3)ncnc2[nH]1. The summed E-state index contributed by atoms with van der Waals surface area (Å²) in [5.74, 6) is -1.93. The lowest BCUT2D eigenvalue weighted by atomic mass is 10.3. The van der Waals surface area contributed by atoms with Crippen LogP contribution in [0.15, 0.2) is 24.8 Å². The molecule has 0 aromatic carbocycles. The van der Waals surface area contributed by atoms with Gasteiger partial charge in [-0.15, -0.1) is 0 Å². The van der Waals surface area contributed by atoms with Crippen LogP contribution in [0.5, 0.6) is 0 Å². The molecular weight excluding hydrogens is 397 g/mol. The van der Waals surface area contributed by atoms with E-state index in [0.29, 0.717) is 5.65 Å². The van der Waals surface area contributed by atoms with Crippen molar-refractivity contribution in [2.75, 3.05) is 18.0 Å². The zero-order chi connectivity index (χ0) is 21.2. The maximum Gasteiger partial charge on any atom is 0.490 e. The number of anilines is 1. The van der Waals surface area contributed by atoms with Crippen molar-refractivity contribution in [3.63, 3.8) is 0 Å². The third kappa shape index (κ3) is 4.44. The Hall–Kier alpha value is -3.64. The molecule has 3 aromatic heterocycles. The molecule has 0 bridgehead atoms. The van der Waals surface area contributed by atoms with Gasteiger partial charge in [0.25, 0.3) is 0 Å². The Morgan fingerprint density at radius 2 is 1.83 bits per heavy atom. The molecular formula is C16H15F3N6O4. The molecule has 4 rings (SSSR count). The molecule has 0 aliphatic carbocycles. The highest BCUT2D eigenvalue weighted by atomic mass is 19.4. The number of halogens is 3. The molecule has 0 radical (unpaired) electrons.